The molecule has 0 radical (unpaired) electrons. The SMILES string of the molecule is CCCCN(C(=O)Nc1ccc(OC)cc1)C(CC)c1nc2ccccc2c(=O)n1-c1ccc(C)cc1. The van der Waals surface area contributed by atoms with Gasteiger partial charge in [-0.2, -0.15) is 0 Å². The maximum atomic E-state index is 13.8. The summed E-state index contributed by atoms with van der Waals surface area (Å²) in [4.78, 5) is 34.2. The van der Waals surface area contributed by atoms with E-state index in [4.69, 9.17) is 9.72 Å². The van der Waals surface area contributed by atoms with Crippen molar-refractivity contribution >= 4 is 22.6 Å². The molecule has 0 spiro atoms. The number of nitrogens with one attached hydrogen (secondary N) is 1. The third-order valence-corrected chi connectivity index (χ3v) is 6.51. The Kier molecular flexibility index (Phi) is 8.23. The van der Waals surface area contributed by atoms with E-state index in [9.17, 15) is 9.59 Å². The molecule has 1 heterocycles. The standard InChI is InChI=1S/C30H34N4O3/c1-5-7-20-33(30(36)31-22-14-18-24(37-4)19-15-22)27(6-2)28-32-26-11-9-8-10-25(26)29(35)34(28)23-16-12-21(3)13-17-23/h8-19,27H,5-7,20H2,1-4H3,(H,31,36). The van der Waals surface area contributed by atoms with Crippen LogP contribution in [0, 0.1) is 6.92 Å². The number of rotatable bonds is 9. The van der Waals surface area contributed by atoms with Crippen LogP contribution in [0.2, 0.25) is 0 Å². The van der Waals surface area contributed by atoms with Gasteiger partial charge in [-0.15, -0.1) is 0 Å². The number of methoxy groups -OCH3 is 1. The number of benzene rings is 3. The summed E-state index contributed by atoms with van der Waals surface area (Å²) in [5, 5.41) is 3.57. The van der Waals surface area contributed by atoms with Crippen LogP contribution in [0.3, 0.4) is 0 Å². The van der Waals surface area contributed by atoms with Gasteiger partial charge in [-0.1, -0.05) is 50.1 Å². The van der Waals surface area contributed by atoms with Crippen molar-refractivity contribution in [1.82, 2.24) is 14.5 Å². The summed E-state index contributed by atoms with van der Waals surface area (Å²) >= 11 is 0. The number of unbranched alkanes of at least 4 members (excludes halogenated alkanes) is 1. The Labute approximate surface area is 217 Å². The highest BCUT2D eigenvalue weighted by molar-refractivity contribution is 5.89. The van der Waals surface area contributed by atoms with Gasteiger partial charge < -0.3 is 15.0 Å². The van der Waals surface area contributed by atoms with Crippen molar-refractivity contribution in [2.24, 2.45) is 0 Å². The predicted molar refractivity (Wildman–Crippen MR) is 149 cm³/mol. The van der Waals surface area contributed by atoms with E-state index < -0.39 is 6.04 Å². The molecule has 1 atom stereocenters. The van der Waals surface area contributed by atoms with Crippen LogP contribution < -0.4 is 15.6 Å². The van der Waals surface area contributed by atoms with Crippen molar-refractivity contribution in [1.29, 1.82) is 0 Å². The van der Waals surface area contributed by atoms with Crippen molar-refractivity contribution in [3.05, 3.63) is 94.5 Å². The number of hydrogen-bond acceptors (Lipinski definition) is 4. The Balaban J connectivity index is 1.83. The zero-order chi connectivity index (χ0) is 26.4. The maximum absolute atomic E-state index is 13.8. The first-order valence-corrected chi connectivity index (χ1v) is 12.8. The van der Waals surface area contributed by atoms with Gasteiger partial charge in [0.25, 0.3) is 5.56 Å². The Morgan fingerprint density at radius 1 is 1.03 bits per heavy atom. The van der Waals surface area contributed by atoms with Crippen molar-refractivity contribution in [3.63, 3.8) is 0 Å². The summed E-state index contributed by atoms with van der Waals surface area (Å²) in [6.07, 6.45) is 2.35. The van der Waals surface area contributed by atoms with Gasteiger partial charge in [0.15, 0.2) is 0 Å². The summed E-state index contributed by atoms with van der Waals surface area (Å²) in [7, 11) is 1.61. The first-order valence-electron chi connectivity index (χ1n) is 12.8. The molecule has 2 amide bonds. The number of para-hydroxylation sites is 1. The van der Waals surface area contributed by atoms with E-state index in [1.54, 1.807) is 22.6 Å². The third-order valence-electron chi connectivity index (χ3n) is 6.51. The lowest BCUT2D eigenvalue weighted by molar-refractivity contribution is 0.180. The van der Waals surface area contributed by atoms with Gasteiger partial charge in [-0.05, 0) is 68.3 Å². The first kappa shape index (κ1) is 25.9. The Morgan fingerprint density at radius 2 is 1.73 bits per heavy atom. The quantitative estimate of drug-likeness (QED) is 0.286. The fourth-order valence-electron chi connectivity index (χ4n) is 4.46. The molecule has 0 aliphatic heterocycles. The predicted octanol–water partition coefficient (Wildman–Crippen LogP) is 6.49. The number of hydrogen-bond donors (Lipinski definition) is 1. The molecule has 7 nitrogen and oxygen atoms in total. The van der Waals surface area contributed by atoms with E-state index in [2.05, 4.69) is 12.2 Å². The minimum atomic E-state index is -0.414. The van der Waals surface area contributed by atoms with E-state index in [0.717, 1.165) is 29.8 Å². The van der Waals surface area contributed by atoms with Gasteiger partial charge in [0.05, 0.1) is 29.7 Å². The second-order valence-corrected chi connectivity index (χ2v) is 9.09. The van der Waals surface area contributed by atoms with Crippen molar-refractivity contribution in [2.75, 3.05) is 19.0 Å². The van der Waals surface area contributed by atoms with Crippen molar-refractivity contribution in [3.8, 4) is 11.4 Å². The minimum absolute atomic E-state index is 0.145. The molecule has 7 heteroatoms. The molecule has 1 N–H and O–H groups in total. The van der Waals surface area contributed by atoms with E-state index >= 15 is 0 Å². The zero-order valence-electron chi connectivity index (χ0n) is 21.9. The van der Waals surface area contributed by atoms with E-state index in [1.165, 1.54) is 0 Å². The van der Waals surface area contributed by atoms with Gasteiger partial charge >= 0.3 is 6.03 Å². The maximum Gasteiger partial charge on any atom is 0.322 e. The molecule has 4 aromatic rings. The van der Waals surface area contributed by atoms with Gasteiger partial charge in [0.1, 0.15) is 11.6 Å². The number of carbonyl (C=O) groups is 1. The monoisotopic (exact) mass is 498 g/mol. The van der Waals surface area contributed by atoms with Crippen LogP contribution in [0.25, 0.3) is 16.6 Å². The third kappa shape index (κ3) is 5.66. The Morgan fingerprint density at radius 3 is 2.38 bits per heavy atom. The largest absolute Gasteiger partial charge is 0.497 e. The molecule has 1 unspecified atom stereocenters. The lowest BCUT2D eigenvalue weighted by atomic mass is 10.1. The number of amides is 2. The fourth-order valence-corrected chi connectivity index (χ4v) is 4.46. The van der Waals surface area contributed by atoms with Crippen LogP contribution in [-0.2, 0) is 0 Å². The highest BCUT2D eigenvalue weighted by Crippen LogP contribution is 2.27. The number of ether oxygens (including phenoxy) is 1. The summed E-state index contributed by atoms with van der Waals surface area (Å²) in [6, 6.07) is 21.8. The lowest BCUT2D eigenvalue weighted by Crippen LogP contribution is -2.41. The fraction of sp³-hybridized carbons (Fsp3) is 0.300. The zero-order valence-corrected chi connectivity index (χ0v) is 21.9. The normalized spacial score (nSPS) is 11.8. The molecule has 0 saturated heterocycles. The second-order valence-electron chi connectivity index (χ2n) is 9.09. The van der Waals surface area contributed by atoms with E-state index in [1.807, 2.05) is 80.6 Å². The smallest absolute Gasteiger partial charge is 0.322 e. The number of aryl methyl sites for hydroxylation is 1. The average Bonchev–Trinajstić information content (AvgIpc) is 2.92. The van der Waals surface area contributed by atoms with Crippen molar-refractivity contribution in [2.45, 2.75) is 46.1 Å². The number of urea groups is 1. The summed E-state index contributed by atoms with van der Waals surface area (Å²) in [5.41, 5.74) is 2.98. The number of fused-ring (bicyclic) bond motifs is 1. The highest BCUT2D eigenvalue weighted by atomic mass is 16.5. The van der Waals surface area contributed by atoms with Gasteiger partial charge in [-0.25, -0.2) is 9.78 Å². The lowest BCUT2D eigenvalue weighted by Gasteiger charge is -2.32. The number of nitrogens with zero attached hydrogens (tertiary/aromatic N) is 3. The van der Waals surface area contributed by atoms with Crippen LogP contribution in [-0.4, -0.2) is 34.1 Å². The topological polar surface area (TPSA) is 76.5 Å². The van der Waals surface area contributed by atoms with E-state index in [0.29, 0.717) is 35.4 Å². The minimum Gasteiger partial charge on any atom is -0.497 e. The number of anilines is 1. The van der Waals surface area contributed by atoms with Crippen LogP contribution in [0.15, 0.2) is 77.6 Å². The van der Waals surface area contributed by atoms with Gasteiger partial charge in [0, 0.05) is 12.2 Å². The van der Waals surface area contributed by atoms with Crippen LogP contribution in [0.1, 0.15) is 50.5 Å². The molecule has 3 aromatic carbocycles. The van der Waals surface area contributed by atoms with Crippen LogP contribution >= 0.6 is 0 Å². The summed E-state index contributed by atoms with van der Waals surface area (Å²) in [5.74, 6) is 1.27. The molecular formula is C30H34N4O3. The Hall–Kier alpha value is -4.13. The molecule has 0 aliphatic rings. The van der Waals surface area contributed by atoms with Gasteiger partial charge in [0.2, 0.25) is 0 Å². The molecule has 0 aliphatic carbocycles. The molecule has 0 fully saturated rings. The summed E-state index contributed by atoms with van der Waals surface area (Å²) < 4.78 is 6.90. The first-order chi connectivity index (χ1) is 18.0. The average molecular weight is 499 g/mol. The molecule has 0 bridgehead atoms. The molecule has 0 saturated carbocycles. The highest BCUT2D eigenvalue weighted by Gasteiger charge is 2.29. The molecule has 37 heavy (non-hydrogen) atoms. The van der Waals surface area contributed by atoms with E-state index in [-0.39, 0.29) is 11.6 Å². The Bertz CT molecular complexity index is 1410. The summed E-state index contributed by atoms with van der Waals surface area (Å²) in [6.45, 7) is 6.66. The van der Waals surface area contributed by atoms with Crippen LogP contribution in [0.4, 0.5) is 10.5 Å². The van der Waals surface area contributed by atoms with Gasteiger partial charge in [-0.3, -0.25) is 9.36 Å². The molecule has 192 valence electrons. The van der Waals surface area contributed by atoms with Crippen LogP contribution in [0.5, 0.6) is 5.75 Å². The number of aromatic nitrogens is 2. The second kappa shape index (κ2) is 11.7. The molecule has 4 rings (SSSR count). The number of carbonyl (C=O) groups excluding carboxylic acids is 1. The molecule has 1 aromatic heterocycles. The van der Waals surface area contributed by atoms with Crippen molar-refractivity contribution < 1.29 is 9.53 Å². The molecular weight excluding hydrogens is 464 g/mol.